The fourth-order valence-corrected chi connectivity index (χ4v) is 6.88. The molecule has 136 valence electrons. The number of rotatable bonds is 0. The van der Waals surface area contributed by atoms with Gasteiger partial charge in [0, 0.05) is 6.42 Å². The van der Waals surface area contributed by atoms with Crippen LogP contribution < -0.4 is 0 Å². The van der Waals surface area contributed by atoms with Gasteiger partial charge < -0.3 is 5.11 Å². The summed E-state index contributed by atoms with van der Waals surface area (Å²) in [5.74, 6) is 1.89. The van der Waals surface area contributed by atoms with E-state index in [0.29, 0.717) is 23.7 Å². The lowest BCUT2D eigenvalue weighted by Gasteiger charge is -2.58. The first kappa shape index (κ1) is 16.9. The Hall–Kier alpha value is -0.510. The third kappa shape index (κ3) is 2.17. The van der Waals surface area contributed by atoms with Gasteiger partial charge in [-0.15, -0.1) is 0 Å². The van der Waals surface area contributed by atoms with E-state index in [1.165, 1.54) is 25.7 Å². The van der Waals surface area contributed by atoms with Gasteiger partial charge in [0.05, 0.1) is 0 Å². The van der Waals surface area contributed by atoms with Crippen molar-refractivity contribution in [2.75, 3.05) is 0 Å². The van der Waals surface area contributed by atoms with E-state index in [1.807, 2.05) is 0 Å². The molecular formula is C20H29F3O. The highest BCUT2D eigenvalue weighted by molar-refractivity contribution is 5.27. The molecule has 3 saturated carbocycles. The fourth-order valence-electron chi connectivity index (χ4n) is 6.88. The maximum Gasteiger partial charge on any atom is 0.417 e. The number of aliphatic hydroxyl groups is 1. The summed E-state index contributed by atoms with van der Waals surface area (Å²) in [6.45, 7) is 4.62. The highest BCUT2D eigenvalue weighted by atomic mass is 19.4. The predicted octanol–water partition coefficient (Wildman–Crippen LogP) is 5.63. The summed E-state index contributed by atoms with van der Waals surface area (Å²) in [6, 6.07) is 0. The first-order valence-corrected chi connectivity index (χ1v) is 9.58. The van der Waals surface area contributed by atoms with Gasteiger partial charge in [0.1, 0.15) is 0 Å². The van der Waals surface area contributed by atoms with E-state index in [1.54, 1.807) is 0 Å². The van der Waals surface area contributed by atoms with Crippen LogP contribution in [0.3, 0.4) is 0 Å². The Balaban J connectivity index is 1.65. The lowest BCUT2D eigenvalue weighted by atomic mass is 9.47. The van der Waals surface area contributed by atoms with Gasteiger partial charge in [-0.3, -0.25) is 0 Å². The minimum absolute atomic E-state index is 0.135. The molecule has 0 aromatic rings. The predicted molar refractivity (Wildman–Crippen MR) is 87.3 cm³/mol. The van der Waals surface area contributed by atoms with Crippen LogP contribution >= 0.6 is 0 Å². The molecule has 0 radical (unpaired) electrons. The number of allylic oxidation sites excluding steroid dienone is 1. The first-order chi connectivity index (χ1) is 11.1. The number of hydrogen-bond acceptors (Lipinski definition) is 1. The SMILES string of the molecule is CC12CCCC1C1CC=C3CC(O)(C(F)(F)F)CCC3(C)C1CC2. The average molecular weight is 342 g/mol. The molecule has 0 aliphatic heterocycles. The molecule has 0 aromatic carbocycles. The molecule has 0 heterocycles. The summed E-state index contributed by atoms with van der Waals surface area (Å²) in [6.07, 6.45) is 4.90. The van der Waals surface area contributed by atoms with E-state index in [2.05, 4.69) is 19.9 Å². The van der Waals surface area contributed by atoms with Crippen molar-refractivity contribution in [3.63, 3.8) is 0 Å². The van der Waals surface area contributed by atoms with E-state index >= 15 is 0 Å². The first-order valence-electron chi connectivity index (χ1n) is 9.58. The highest BCUT2D eigenvalue weighted by Crippen LogP contribution is 2.66. The largest absolute Gasteiger partial charge is 0.417 e. The van der Waals surface area contributed by atoms with Crippen LogP contribution in [0.25, 0.3) is 0 Å². The Kier molecular flexibility index (Phi) is 3.54. The maximum absolute atomic E-state index is 13.3. The molecule has 0 saturated heterocycles. The molecule has 4 rings (SSSR count). The van der Waals surface area contributed by atoms with Gasteiger partial charge in [-0.2, -0.15) is 13.2 Å². The van der Waals surface area contributed by atoms with Crippen molar-refractivity contribution in [3.05, 3.63) is 11.6 Å². The van der Waals surface area contributed by atoms with Crippen molar-refractivity contribution in [1.82, 2.24) is 0 Å². The zero-order valence-corrected chi connectivity index (χ0v) is 14.8. The molecule has 0 aromatic heterocycles. The third-order valence-corrected chi connectivity index (χ3v) is 8.48. The van der Waals surface area contributed by atoms with E-state index in [-0.39, 0.29) is 18.3 Å². The summed E-state index contributed by atoms with van der Waals surface area (Å²) in [5, 5.41) is 10.2. The van der Waals surface area contributed by atoms with Crippen LogP contribution in [0.15, 0.2) is 11.6 Å². The Morgan fingerprint density at radius 2 is 1.79 bits per heavy atom. The molecule has 0 spiro atoms. The van der Waals surface area contributed by atoms with E-state index in [9.17, 15) is 18.3 Å². The normalized spacial score (nSPS) is 51.4. The third-order valence-electron chi connectivity index (χ3n) is 8.48. The van der Waals surface area contributed by atoms with Crippen LogP contribution in [0.1, 0.15) is 71.6 Å². The maximum atomic E-state index is 13.3. The van der Waals surface area contributed by atoms with Gasteiger partial charge in [-0.1, -0.05) is 31.9 Å². The molecule has 6 unspecified atom stereocenters. The van der Waals surface area contributed by atoms with Gasteiger partial charge >= 0.3 is 6.18 Å². The molecule has 4 aliphatic carbocycles. The van der Waals surface area contributed by atoms with Crippen LogP contribution in [0.2, 0.25) is 0 Å². The number of alkyl halides is 3. The van der Waals surface area contributed by atoms with Gasteiger partial charge in [-0.25, -0.2) is 0 Å². The van der Waals surface area contributed by atoms with Crippen molar-refractivity contribution in [2.24, 2.45) is 28.6 Å². The zero-order valence-electron chi connectivity index (χ0n) is 14.8. The summed E-state index contributed by atoms with van der Waals surface area (Å²) in [4.78, 5) is 0. The fraction of sp³-hybridized carbons (Fsp3) is 0.900. The van der Waals surface area contributed by atoms with Gasteiger partial charge in [0.25, 0.3) is 0 Å². The number of halogens is 3. The molecule has 3 fully saturated rings. The molecule has 24 heavy (non-hydrogen) atoms. The molecule has 4 aliphatic rings. The van der Waals surface area contributed by atoms with Crippen molar-refractivity contribution >= 4 is 0 Å². The summed E-state index contributed by atoms with van der Waals surface area (Å²) < 4.78 is 39.9. The minimum Gasteiger partial charge on any atom is -0.380 e. The standard InChI is InChI=1S/C20H29F3O/c1-17-8-3-4-15(17)14-6-5-13-12-19(24,20(21,22)23)11-10-18(13,2)16(14)7-9-17/h5,14-16,24H,3-4,6-12H2,1-2H3. The molecule has 0 bridgehead atoms. The van der Waals surface area contributed by atoms with Gasteiger partial charge in [-0.05, 0) is 73.5 Å². The van der Waals surface area contributed by atoms with Gasteiger partial charge in [0.15, 0.2) is 5.60 Å². The molecular weight excluding hydrogens is 313 g/mol. The van der Waals surface area contributed by atoms with E-state index in [4.69, 9.17) is 0 Å². The van der Waals surface area contributed by atoms with Crippen LogP contribution in [-0.4, -0.2) is 16.9 Å². The quantitative estimate of drug-likeness (QED) is 0.565. The van der Waals surface area contributed by atoms with Crippen LogP contribution in [0.4, 0.5) is 13.2 Å². The topological polar surface area (TPSA) is 20.2 Å². The second kappa shape index (κ2) is 5.02. The smallest absolute Gasteiger partial charge is 0.380 e. The Bertz CT molecular complexity index is 568. The van der Waals surface area contributed by atoms with E-state index < -0.39 is 11.8 Å². The van der Waals surface area contributed by atoms with Crippen molar-refractivity contribution < 1.29 is 18.3 Å². The van der Waals surface area contributed by atoms with E-state index in [0.717, 1.165) is 24.3 Å². The second-order valence-corrected chi connectivity index (χ2v) is 9.55. The van der Waals surface area contributed by atoms with Crippen molar-refractivity contribution in [2.45, 2.75) is 83.4 Å². The monoisotopic (exact) mass is 342 g/mol. The Morgan fingerprint density at radius 3 is 2.50 bits per heavy atom. The summed E-state index contributed by atoms with van der Waals surface area (Å²) in [7, 11) is 0. The molecule has 0 amide bonds. The average Bonchev–Trinajstić information content (AvgIpc) is 2.89. The molecule has 1 N–H and O–H groups in total. The lowest BCUT2D eigenvalue weighted by molar-refractivity contribution is -0.271. The summed E-state index contributed by atoms with van der Waals surface area (Å²) >= 11 is 0. The second-order valence-electron chi connectivity index (χ2n) is 9.55. The molecule has 4 heteroatoms. The Labute approximate surface area is 142 Å². The number of fused-ring (bicyclic) bond motifs is 5. The minimum atomic E-state index is -4.53. The van der Waals surface area contributed by atoms with Crippen molar-refractivity contribution in [1.29, 1.82) is 0 Å². The van der Waals surface area contributed by atoms with Crippen LogP contribution in [-0.2, 0) is 0 Å². The van der Waals surface area contributed by atoms with Crippen LogP contribution in [0.5, 0.6) is 0 Å². The molecule has 6 atom stereocenters. The van der Waals surface area contributed by atoms with Gasteiger partial charge in [0.2, 0.25) is 0 Å². The summed E-state index contributed by atoms with van der Waals surface area (Å²) in [5.41, 5.74) is -1.30. The van der Waals surface area contributed by atoms with Crippen LogP contribution in [0, 0.1) is 28.6 Å². The Morgan fingerprint density at radius 1 is 1.04 bits per heavy atom. The van der Waals surface area contributed by atoms with Crippen molar-refractivity contribution in [3.8, 4) is 0 Å². The zero-order chi connectivity index (χ0) is 17.4. The lowest BCUT2D eigenvalue weighted by Crippen LogP contribution is -2.55. The number of hydrogen-bond donors (Lipinski definition) is 1. The highest BCUT2D eigenvalue weighted by Gasteiger charge is 2.62. The molecule has 1 nitrogen and oxygen atoms in total.